The van der Waals surface area contributed by atoms with Crippen LogP contribution in [-0.2, 0) is 0 Å². The van der Waals surface area contributed by atoms with Gasteiger partial charge in [0.1, 0.15) is 0 Å². The molecule has 3 radical (unpaired) electrons. The van der Waals surface area contributed by atoms with E-state index < -0.39 is 0 Å². The van der Waals surface area contributed by atoms with Crippen molar-refractivity contribution in [2.75, 3.05) is 0 Å². The van der Waals surface area contributed by atoms with Gasteiger partial charge < -0.3 is 0 Å². The van der Waals surface area contributed by atoms with Gasteiger partial charge in [0.25, 0.3) is 0 Å². The Labute approximate surface area is 67.5 Å². The Hall–Kier alpha value is 0.0387. The number of hydrogen-bond acceptors (Lipinski definition) is 2. The molecule has 0 fully saturated rings. The molecule has 0 aromatic carbocycles. The first-order chi connectivity index (χ1) is 4.22. The normalized spacial score (nSPS) is 13.7. The molecular formula is C6H8NOSn. The Morgan fingerprint density at radius 1 is 1.78 bits per heavy atom. The van der Waals surface area contributed by atoms with E-state index in [9.17, 15) is 0 Å². The molecule has 2 nitrogen and oxygen atoms in total. The van der Waals surface area contributed by atoms with Gasteiger partial charge in [-0.25, -0.2) is 0 Å². The van der Waals surface area contributed by atoms with Crippen LogP contribution in [-0.4, -0.2) is 22.5 Å². The van der Waals surface area contributed by atoms with E-state index in [-0.39, 0.29) is 6.04 Å². The second kappa shape index (κ2) is 2.75. The van der Waals surface area contributed by atoms with Crippen molar-refractivity contribution < 1.29 is 4.42 Å². The molecule has 0 saturated carbocycles. The molecule has 0 spiro atoms. The van der Waals surface area contributed by atoms with Crippen molar-refractivity contribution in [2.45, 2.75) is 13.0 Å². The molecule has 1 heterocycles. The summed E-state index contributed by atoms with van der Waals surface area (Å²) in [5, 5.41) is 0. The van der Waals surface area contributed by atoms with Crippen molar-refractivity contribution in [1.29, 1.82) is 0 Å². The Balaban J connectivity index is 2.94. The van der Waals surface area contributed by atoms with Gasteiger partial charge in [-0.3, -0.25) is 0 Å². The zero-order valence-electron chi connectivity index (χ0n) is 5.22. The molecular weight excluding hydrogens is 221 g/mol. The van der Waals surface area contributed by atoms with E-state index in [1.165, 1.54) is 26.1 Å². The van der Waals surface area contributed by atoms with Crippen molar-refractivity contribution in [2.24, 2.45) is 5.73 Å². The van der Waals surface area contributed by atoms with E-state index in [1.807, 2.05) is 13.0 Å². The first kappa shape index (κ1) is 7.15. The van der Waals surface area contributed by atoms with Crippen LogP contribution in [0.1, 0.15) is 18.7 Å². The summed E-state index contributed by atoms with van der Waals surface area (Å²) in [5.74, 6) is 0.924. The average Bonchev–Trinajstić information content (AvgIpc) is 2.13. The van der Waals surface area contributed by atoms with Gasteiger partial charge in [-0.15, -0.1) is 0 Å². The Bertz CT molecular complexity index is 195. The van der Waals surface area contributed by atoms with Gasteiger partial charge in [0.05, 0.1) is 0 Å². The second-order valence-corrected chi connectivity index (χ2v) is 3.52. The molecule has 0 amide bonds. The molecule has 1 aromatic rings. The first-order valence-corrected chi connectivity index (χ1v) is 4.19. The van der Waals surface area contributed by atoms with E-state index in [4.69, 9.17) is 10.2 Å². The molecule has 47 valence electrons. The van der Waals surface area contributed by atoms with Gasteiger partial charge in [0.2, 0.25) is 0 Å². The molecule has 1 rings (SSSR count). The summed E-state index contributed by atoms with van der Waals surface area (Å²) in [6.45, 7) is 1.92. The SMILES string of the molecule is CC(N)c1occ[c]1[Sn]. The quantitative estimate of drug-likeness (QED) is 0.693. The van der Waals surface area contributed by atoms with Crippen molar-refractivity contribution in [3.63, 3.8) is 0 Å². The van der Waals surface area contributed by atoms with Crippen LogP contribution in [0.15, 0.2) is 16.7 Å². The van der Waals surface area contributed by atoms with Gasteiger partial charge >= 0.3 is 67.3 Å². The number of nitrogens with two attached hydrogens (primary N) is 1. The molecule has 1 aromatic heterocycles. The fourth-order valence-corrected chi connectivity index (χ4v) is 1.69. The molecule has 0 saturated heterocycles. The van der Waals surface area contributed by atoms with E-state index in [1.54, 1.807) is 6.26 Å². The molecule has 0 aliphatic heterocycles. The molecule has 9 heavy (non-hydrogen) atoms. The Kier molecular flexibility index (Phi) is 2.18. The van der Waals surface area contributed by atoms with Gasteiger partial charge in [-0.1, -0.05) is 0 Å². The number of furan rings is 1. The summed E-state index contributed by atoms with van der Waals surface area (Å²) in [5.41, 5.74) is 5.58. The topological polar surface area (TPSA) is 39.2 Å². The number of rotatable bonds is 1. The summed E-state index contributed by atoms with van der Waals surface area (Å²) in [4.78, 5) is 0. The monoisotopic (exact) mass is 230 g/mol. The van der Waals surface area contributed by atoms with Gasteiger partial charge in [0.15, 0.2) is 0 Å². The van der Waals surface area contributed by atoms with Crippen molar-refractivity contribution in [3.8, 4) is 0 Å². The average molecular weight is 229 g/mol. The third-order valence-electron chi connectivity index (χ3n) is 1.11. The minimum atomic E-state index is 0.0364. The van der Waals surface area contributed by atoms with Crippen LogP contribution in [0.25, 0.3) is 0 Å². The van der Waals surface area contributed by atoms with Crippen LogP contribution < -0.4 is 9.31 Å². The van der Waals surface area contributed by atoms with E-state index in [0.717, 1.165) is 5.76 Å². The van der Waals surface area contributed by atoms with Gasteiger partial charge in [-0.05, 0) is 0 Å². The first-order valence-electron chi connectivity index (χ1n) is 2.76. The predicted octanol–water partition coefficient (Wildman–Crippen LogP) is 0.0931. The summed E-state index contributed by atoms with van der Waals surface area (Å²) in [7, 11) is 0. The van der Waals surface area contributed by atoms with Crippen LogP contribution in [0.5, 0.6) is 0 Å². The van der Waals surface area contributed by atoms with Crippen LogP contribution in [0, 0.1) is 0 Å². The third-order valence-corrected chi connectivity index (χ3v) is 2.29. The van der Waals surface area contributed by atoms with Crippen molar-refractivity contribution >= 4 is 26.1 Å². The van der Waals surface area contributed by atoms with E-state index in [0.29, 0.717) is 0 Å². The van der Waals surface area contributed by atoms with Crippen LogP contribution in [0.2, 0.25) is 0 Å². The number of hydrogen-bond donors (Lipinski definition) is 1. The van der Waals surface area contributed by atoms with Gasteiger partial charge in [-0.2, -0.15) is 0 Å². The second-order valence-electron chi connectivity index (χ2n) is 1.99. The molecule has 1 unspecified atom stereocenters. The molecule has 0 bridgehead atoms. The zero-order valence-corrected chi connectivity index (χ0v) is 8.07. The van der Waals surface area contributed by atoms with Crippen LogP contribution in [0.4, 0.5) is 0 Å². The molecule has 0 aliphatic rings. The summed E-state index contributed by atoms with van der Waals surface area (Å²) < 4.78 is 6.34. The summed E-state index contributed by atoms with van der Waals surface area (Å²) in [6.07, 6.45) is 1.68. The predicted molar refractivity (Wildman–Crippen MR) is 36.7 cm³/mol. The molecule has 0 aliphatic carbocycles. The molecule has 3 heteroatoms. The maximum atomic E-state index is 5.58. The van der Waals surface area contributed by atoms with Crippen LogP contribution >= 0.6 is 0 Å². The van der Waals surface area contributed by atoms with E-state index >= 15 is 0 Å². The molecule has 2 N–H and O–H groups in total. The maximum absolute atomic E-state index is 5.58. The minimum absolute atomic E-state index is 0.0364. The van der Waals surface area contributed by atoms with Crippen molar-refractivity contribution in [1.82, 2.24) is 0 Å². The van der Waals surface area contributed by atoms with Crippen molar-refractivity contribution in [3.05, 3.63) is 18.1 Å². The standard InChI is InChI=1S/C6H8NO.Sn/c1-5(7)6-3-2-4-8-6;/h2,4-5H,7H2,1H3;. The molecule has 1 atom stereocenters. The fraction of sp³-hybridized carbons (Fsp3) is 0.333. The fourth-order valence-electron chi connectivity index (χ4n) is 0.674. The van der Waals surface area contributed by atoms with Gasteiger partial charge in [0, 0.05) is 0 Å². The van der Waals surface area contributed by atoms with E-state index in [2.05, 4.69) is 0 Å². The Morgan fingerprint density at radius 2 is 2.44 bits per heavy atom. The van der Waals surface area contributed by atoms with Crippen LogP contribution in [0.3, 0.4) is 0 Å². The zero-order chi connectivity index (χ0) is 6.85. The summed E-state index contributed by atoms with van der Waals surface area (Å²) in [6, 6.07) is 1.99. The Morgan fingerprint density at radius 3 is 2.67 bits per heavy atom. The third kappa shape index (κ3) is 1.49. The summed E-state index contributed by atoms with van der Waals surface area (Å²) >= 11 is 1.36.